The Labute approximate surface area is 99.1 Å². The lowest BCUT2D eigenvalue weighted by Gasteiger charge is -2.07. The third-order valence-corrected chi connectivity index (χ3v) is 2.65. The standard InChI is InChI=1S/C11H13F3N2Si/c1-17(2,3)7-6-9-8(15)4-5-10(16-9)11(12,13)14/h4-5H,15H2,1-3H3. The molecule has 92 valence electrons. The zero-order valence-corrected chi connectivity index (χ0v) is 10.8. The predicted octanol–water partition coefficient (Wildman–Crippen LogP) is 2.91. The third kappa shape index (κ3) is 4.11. The van der Waals surface area contributed by atoms with Crippen LogP contribution in [0.3, 0.4) is 0 Å². The molecule has 1 aromatic rings. The number of aromatic nitrogens is 1. The van der Waals surface area contributed by atoms with Crippen LogP contribution in [0.15, 0.2) is 12.1 Å². The number of rotatable bonds is 0. The minimum absolute atomic E-state index is 0.00208. The van der Waals surface area contributed by atoms with Gasteiger partial charge in [-0.15, -0.1) is 5.54 Å². The summed E-state index contributed by atoms with van der Waals surface area (Å²) in [6, 6.07) is 2.04. The summed E-state index contributed by atoms with van der Waals surface area (Å²) in [4.78, 5) is 3.45. The van der Waals surface area contributed by atoms with E-state index in [9.17, 15) is 13.2 Å². The van der Waals surface area contributed by atoms with E-state index in [1.807, 2.05) is 19.6 Å². The van der Waals surface area contributed by atoms with Crippen LogP contribution >= 0.6 is 0 Å². The van der Waals surface area contributed by atoms with Crippen LogP contribution in [0.2, 0.25) is 19.6 Å². The molecule has 1 rings (SSSR count). The molecule has 0 spiro atoms. The Hall–Kier alpha value is -1.48. The smallest absolute Gasteiger partial charge is 0.396 e. The van der Waals surface area contributed by atoms with Gasteiger partial charge in [0.05, 0.1) is 5.69 Å². The van der Waals surface area contributed by atoms with Crippen LogP contribution in [0.1, 0.15) is 11.4 Å². The molecule has 1 aromatic heterocycles. The summed E-state index contributed by atoms with van der Waals surface area (Å²) in [5.41, 5.74) is 7.69. The molecule has 0 saturated heterocycles. The van der Waals surface area contributed by atoms with E-state index >= 15 is 0 Å². The number of anilines is 1. The molecule has 2 N–H and O–H groups in total. The SMILES string of the molecule is C[Si](C)(C)C#Cc1nc(C(F)(F)F)ccc1N. The first-order valence-electron chi connectivity index (χ1n) is 4.96. The van der Waals surface area contributed by atoms with Gasteiger partial charge in [-0.25, -0.2) is 4.98 Å². The molecule has 0 aliphatic rings. The van der Waals surface area contributed by atoms with Crippen molar-refractivity contribution >= 4 is 13.8 Å². The Morgan fingerprint density at radius 3 is 2.29 bits per heavy atom. The largest absolute Gasteiger partial charge is 0.433 e. The average Bonchev–Trinajstić information content (AvgIpc) is 2.13. The number of nitrogens with zero attached hydrogens (tertiary/aromatic N) is 1. The van der Waals surface area contributed by atoms with Crippen LogP contribution in [0.5, 0.6) is 0 Å². The van der Waals surface area contributed by atoms with Gasteiger partial charge < -0.3 is 5.73 Å². The van der Waals surface area contributed by atoms with Crippen LogP contribution < -0.4 is 5.73 Å². The van der Waals surface area contributed by atoms with Crippen LogP contribution in [-0.2, 0) is 6.18 Å². The summed E-state index contributed by atoms with van der Waals surface area (Å²) in [6.45, 7) is 5.97. The van der Waals surface area contributed by atoms with Crippen molar-refractivity contribution in [3.63, 3.8) is 0 Å². The molecule has 0 saturated carbocycles. The van der Waals surface area contributed by atoms with E-state index in [-0.39, 0.29) is 11.4 Å². The van der Waals surface area contributed by atoms with Crippen LogP contribution in [-0.4, -0.2) is 13.1 Å². The fourth-order valence-electron chi connectivity index (χ4n) is 0.975. The molecular weight excluding hydrogens is 245 g/mol. The maximum atomic E-state index is 12.4. The van der Waals surface area contributed by atoms with Crippen molar-refractivity contribution in [1.82, 2.24) is 4.98 Å². The summed E-state index contributed by atoms with van der Waals surface area (Å²) in [5, 5.41) is 0. The molecule has 0 aliphatic heterocycles. The van der Waals surface area contributed by atoms with Gasteiger partial charge in [-0.3, -0.25) is 0 Å². The molecule has 0 bridgehead atoms. The van der Waals surface area contributed by atoms with E-state index in [4.69, 9.17) is 5.73 Å². The second-order valence-electron chi connectivity index (χ2n) is 4.63. The molecule has 6 heteroatoms. The zero-order valence-electron chi connectivity index (χ0n) is 9.81. The highest BCUT2D eigenvalue weighted by molar-refractivity contribution is 6.83. The highest BCUT2D eigenvalue weighted by atomic mass is 28.3. The molecule has 1 heterocycles. The van der Waals surface area contributed by atoms with Crippen molar-refractivity contribution in [2.45, 2.75) is 25.8 Å². The summed E-state index contributed by atoms with van der Waals surface area (Å²) < 4.78 is 37.3. The Morgan fingerprint density at radius 1 is 1.24 bits per heavy atom. The highest BCUT2D eigenvalue weighted by Crippen LogP contribution is 2.28. The van der Waals surface area contributed by atoms with E-state index in [0.717, 1.165) is 6.07 Å². The van der Waals surface area contributed by atoms with Crippen LogP contribution in [0, 0.1) is 11.5 Å². The first kappa shape index (κ1) is 13.6. The number of hydrogen-bond donors (Lipinski definition) is 1. The predicted molar refractivity (Wildman–Crippen MR) is 63.9 cm³/mol. The van der Waals surface area contributed by atoms with Gasteiger partial charge in [0.2, 0.25) is 0 Å². The lowest BCUT2D eigenvalue weighted by atomic mass is 10.2. The zero-order chi connectivity index (χ0) is 13.3. The van der Waals surface area contributed by atoms with E-state index < -0.39 is 19.9 Å². The van der Waals surface area contributed by atoms with Gasteiger partial charge in [-0.2, -0.15) is 13.2 Å². The molecule has 0 unspecified atom stereocenters. The lowest BCUT2D eigenvalue weighted by molar-refractivity contribution is -0.141. The van der Waals surface area contributed by atoms with Gasteiger partial charge in [0, 0.05) is 0 Å². The van der Waals surface area contributed by atoms with Gasteiger partial charge in [-0.1, -0.05) is 25.6 Å². The van der Waals surface area contributed by atoms with Crippen LogP contribution in [0.4, 0.5) is 18.9 Å². The Balaban J connectivity index is 3.20. The summed E-state index contributed by atoms with van der Waals surface area (Å²) in [7, 11) is -1.66. The monoisotopic (exact) mass is 258 g/mol. The van der Waals surface area contributed by atoms with Gasteiger partial charge in [-0.05, 0) is 12.1 Å². The van der Waals surface area contributed by atoms with E-state index in [0.29, 0.717) is 0 Å². The van der Waals surface area contributed by atoms with Crippen molar-refractivity contribution < 1.29 is 13.2 Å². The average molecular weight is 258 g/mol. The minimum atomic E-state index is -4.47. The molecular formula is C11H13F3N2Si. The molecule has 0 amide bonds. The third-order valence-electron chi connectivity index (χ3n) is 1.77. The number of hydrogen-bond acceptors (Lipinski definition) is 2. The number of halogens is 3. The second kappa shape index (κ2) is 4.41. The van der Waals surface area contributed by atoms with Crippen molar-refractivity contribution in [1.29, 1.82) is 0 Å². The molecule has 0 fully saturated rings. The molecule has 0 aliphatic carbocycles. The summed E-state index contributed by atoms with van der Waals surface area (Å²) >= 11 is 0. The second-order valence-corrected chi connectivity index (χ2v) is 9.38. The maximum absolute atomic E-state index is 12.4. The number of nitrogen functional groups attached to an aromatic ring is 1. The fourth-order valence-corrected chi connectivity index (χ4v) is 1.47. The minimum Gasteiger partial charge on any atom is -0.396 e. The van der Waals surface area contributed by atoms with Crippen LogP contribution in [0.25, 0.3) is 0 Å². The fraction of sp³-hybridized carbons (Fsp3) is 0.364. The maximum Gasteiger partial charge on any atom is 0.433 e. The summed E-state index contributed by atoms with van der Waals surface area (Å²) in [6.07, 6.45) is -4.47. The lowest BCUT2D eigenvalue weighted by Crippen LogP contribution is -2.16. The first-order chi connectivity index (χ1) is 7.59. The van der Waals surface area contributed by atoms with Crippen molar-refractivity contribution in [3.8, 4) is 11.5 Å². The van der Waals surface area contributed by atoms with E-state index in [1.54, 1.807) is 0 Å². The Bertz CT molecular complexity index is 478. The topological polar surface area (TPSA) is 38.9 Å². The van der Waals surface area contributed by atoms with Crippen molar-refractivity contribution in [2.75, 3.05) is 5.73 Å². The Kier molecular flexibility index (Phi) is 3.53. The highest BCUT2D eigenvalue weighted by Gasteiger charge is 2.32. The van der Waals surface area contributed by atoms with Crippen molar-refractivity contribution in [3.05, 3.63) is 23.5 Å². The van der Waals surface area contributed by atoms with E-state index in [2.05, 4.69) is 16.4 Å². The first-order valence-corrected chi connectivity index (χ1v) is 8.46. The molecule has 17 heavy (non-hydrogen) atoms. The normalized spacial score (nSPS) is 11.9. The molecule has 2 nitrogen and oxygen atoms in total. The van der Waals surface area contributed by atoms with E-state index in [1.165, 1.54) is 6.07 Å². The van der Waals surface area contributed by atoms with Gasteiger partial charge >= 0.3 is 6.18 Å². The van der Waals surface area contributed by atoms with Gasteiger partial charge in [0.15, 0.2) is 0 Å². The number of pyridine rings is 1. The van der Waals surface area contributed by atoms with Gasteiger partial charge in [0.25, 0.3) is 0 Å². The number of alkyl halides is 3. The summed E-state index contributed by atoms with van der Waals surface area (Å²) in [5.74, 6) is 2.64. The quantitative estimate of drug-likeness (QED) is 0.574. The Morgan fingerprint density at radius 2 is 1.82 bits per heavy atom. The van der Waals surface area contributed by atoms with Crippen molar-refractivity contribution in [2.24, 2.45) is 0 Å². The van der Waals surface area contributed by atoms with Gasteiger partial charge in [0.1, 0.15) is 19.5 Å². The molecule has 0 aromatic carbocycles. The molecule has 0 radical (unpaired) electrons. The number of nitrogens with two attached hydrogens (primary N) is 1. The molecule has 0 atom stereocenters.